The van der Waals surface area contributed by atoms with Crippen LogP contribution in [0.2, 0.25) is 0 Å². The number of rotatable bonds is 7. The molecule has 0 spiro atoms. The highest BCUT2D eigenvalue weighted by Crippen LogP contribution is 2.13. The van der Waals surface area contributed by atoms with E-state index in [4.69, 9.17) is 4.52 Å². The average Bonchev–Trinajstić information content (AvgIpc) is 2.83. The maximum atomic E-state index is 5.06. The quantitative estimate of drug-likeness (QED) is 0.801. The van der Waals surface area contributed by atoms with Gasteiger partial charge in [-0.05, 0) is 20.3 Å². The molecular formula is C13H20N6O. The molecule has 0 radical (unpaired) electrons. The summed E-state index contributed by atoms with van der Waals surface area (Å²) in [4.78, 5) is 13.1. The molecule has 0 aliphatic carbocycles. The first-order valence-electron chi connectivity index (χ1n) is 6.86. The molecule has 2 aromatic rings. The molecule has 0 atom stereocenters. The predicted octanol–water partition coefficient (Wildman–Crippen LogP) is 2.16. The number of hydrogen-bond acceptors (Lipinski definition) is 7. The van der Waals surface area contributed by atoms with Gasteiger partial charge in [0.1, 0.15) is 17.5 Å². The second-order valence-corrected chi connectivity index (χ2v) is 4.42. The Balaban J connectivity index is 2.08. The smallest absolute Gasteiger partial charge is 0.245 e. The van der Waals surface area contributed by atoms with Crippen molar-refractivity contribution >= 4 is 11.6 Å². The Morgan fingerprint density at radius 1 is 1.10 bits per heavy atom. The zero-order valence-corrected chi connectivity index (χ0v) is 12.1. The third-order valence-electron chi connectivity index (χ3n) is 2.59. The molecule has 2 heterocycles. The molecule has 0 saturated carbocycles. The third kappa shape index (κ3) is 3.91. The summed E-state index contributed by atoms with van der Waals surface area (Å²) in [5, 5.41) is 10.1. The molecule has 0 bridgehead atoms. The zero-order valence-electron chi connectivity index (χ0n) is 12.1. The Kier molecular flexibility index (Phi) is 4.86. The van der Waals surface area contributed by atoms with E-state index in [1.54, 1.807) is 6.92 Å². The van der Waals surface area contributed by atoms with E-state index in [1.807, 2.05) is 13.0 Å². The van der Waals surface area contributed by atoms with Crippen molar-refractivity contribution in [3.8, 4) is 0 Å². The van der Waals surface area contributed by atoms with E-state index < -0.39 is 0 Å². The van der Waals surface area contributed by atoms with Crippen LogP contribution in [0.15, 0.2) is 10.6 Å². The molecule has 108 valence electrons. The summed E-state index contributed by atoms with van der Waals surface area (Å²) >= 11 is 0. The average molecular weight is 276 g/mol. The minimum absolute atomic E-state index is 0.453. The summed E-state index contributed by atoms with van der Waals surface area (Å²) in [6.45, 7) is 7.22. The highest BCUT2D eigenvalue weighted by atomic mass is 16.5. The van der Waals surface area contributed by atoms with Gasteiger partial charge in [-0.15, -0.1) is 0 Å². The number of anilines is 2. The van der Waals surface area contributed by atoms with Gasteiger partial charge in [0.25, 0.3) is 0 Å². The van der Waals surface area contributed by atoms with E-state index in [1.165, 1.54) is 0 Å². The monoisotopic (exact) mass is 276 g/mol. The van der Waals surface area contributed by atoms with Crippen LogP contribution in [-0.4, -0.2) is 26.7 Å². The second kappa shape index (κ2) is 6.83. The second-order valence-electron chi connectivity index (χ2n) is 4.42. The number of hydrogen-bond donors (Lipinski definition) is 2. The Labute approximate surface area is 118 Å². The van der Waals surface area contributed by atoms with Crippen molar-refractivity contribution in [3.63, 3.8) is 0 Å². The molecule has 7 heteroatoms. The molecule has 7 nitrogen and oxygen atoms in total. The summed E-state index contributed by atoms with van der Waals surface area (Å²) in [7, 11) is 0. The van der Waals surface area contributed by atoms with Crippen LogP contribution in [0.1, 0.15) is 37.8 Å². The number of aromatic nitrogens is 4. The van der Waals surface area contributed by atoms with Crippen LogP contribution in [0, 0.1) is 6.92 Å². The summed E-state index contributed by atoms with van der Waals surface area (Å²) in [5.41, 5.74) is 0. The van der Waals surface area contributed by atoms with Crippen molar-refractivity contribution in [1.29, 1.82) is 0 Å². The fourth-order valence-corrected chi connectivity index (χ4v) is 1.77. The van der Waals surface area contributed by atoms with E-state index >= 15 is 0 Å². The first-order chi connectivity index (χ1) is 9.71. The van der Waals surface area contributed by atoms with E-state index in [0.29, 0.717) is 18.3 Å². The molecule has 20 heavy (non-hydrogen) atoms. The third-order valence-corrected chi connectivity index (χ3v) is 2.59. The highest BCUT2D eigenvalue weighted by Gasteiger charge is 2.06. The molecule has 2 aromatic heterocycles. The van der Waals surface area contributed by atoms with Crippen molar-refractivity contribution < 1.29 is 4.52 Å². The van der Waals surface area contributed by atoms with Gasteiger partial charge in [-0.2, -0.15) is 4.98 Å². The van der Waals surface area contributed by atoms with Gasteiger partial charge in [-0.25, -0.2) is 9.97 Å². The van der Waals surface area contributed by atoms with Crippen molar-refractivity contribution in [1.82, 2.24) is 20.1 Å². The molecule has 0 aliphatic rings. The molecule has 0 aliphatic heterocycles. The van der Waals surface area contributed by atoms with Gasteiger partial charge in [0, 0.05) is 19.0 Å². The van der Waals surface area contributed by atoms with Gasteiger partial charge in [0.15, 0.2) is 5.82 Å². The van der Waals surface area contributed by atoms with Crippen molar-refractivity contribution in [3.05, 3.63) is 23.6 Å². The standard InChI is InChI=1S/C13H20N6O/c1-4-6-10-17-11(14-5-2)7-12(18-10)15-8-13-16-9(3)19-20-13/h7H,4-6,8H2,1-3H3,(H2,14,15,17,18). The van der Waals surface area contributed by atoms with Crippen molar-refractivity contribution in [2.45, 2.75) is 40.2 Å². The number of nitrogens with one attached hydrogen (secondary N) is 2. The maximum absolute atomic E-state index is 5.06. The molecular weight excluding hydrogens is 256 g/mol. The summed E-state index contributed by atoms with van der Waals surface area (Å²) in [5.74, 6) is 3.59. The Bertz CT molecular complexity index is 529. The minimum Gasteiger partial charge on any atom is -0.370 e. The van der Waals surface area contributed by atoms with Crippen molar-refractivity contribution in [2.24, 2.45) is 0 Å². The van der Waals surface area contributed by atoms with Gasteiger partial charge in [0.05, 0.1) is 6.54 Å². The Hall–Kier alpha value is -2.18. The molecule has 0 amide bonds. The van der Waals surface area contributed by atoms with Crippen LogP contribution in [0.3, 0.4) is 0 Å². The van der Waals surface area contributed by atoms with Crippen LogP contribution in [-0.2, 0) is 13.0 Å². The Morgan fingerprint density at radius 2 is 1.85 bits per heavy atom. The molecule has 0 saturated heterocycles. The lowest BCUT2D eigenvalue weighted by atomic mass is 10.3. The molecule has 2 rings (SSSR count). The fourth-order valence-electron chi connectivity index (χ4n) is 1.77. The molecule has 0 fully saturated rings. The van der Waals surface area contributed by atoms with Crippen LogP contribution in [0.5, 0.6) is 0 Å². The van der Waals surface area contributed by atoms with Crippen LogP contribution >= 0.6 is 0 Å². The van der Waals surface area contributed by atoms with Gasteiger partial charge >= 0.3 is 0 Å². The molecule has 0 aromatic carbocycles. The number of aryl methyl sites for hydroxylation is 2. The van der Waals surface area contributed by atoms with Crippen molar-refractivity contribution in [2.75, 3.05) is 17.2 Å². The minimum atomic E-state index is 0.453. The van der Waals surface area contributed by atoms with Gasteiger partial charge < -0.3 is 15.2 Å². The Morgan fingerprint density at radius 3 is 2.45 bits per heavy atom. The predicted molar refractivity (Wildman–Crippen MR) is 76.6 cm³/mol. The van der Waals surface area contributed by atoms with Crippen LogP contribution in [0.25, 0.3) is 0 Å². The normalized spacial score (nSPS) is 10.6. The van der Waals surface area contributed by atoms with E-state index in [2.05, 4.69) is 37.7 Å². The fraction of sp³-hybridized carbons (Fsp3) is 0.538. The lowest BCUT2D eigenvalue weighted by Gasteiger charge is -2.09. The molecule has 0 unspecified atom stereocenters. The van der Waals surface area contributed by atoms with Gasteiger partial charge in [-0.1, -0.05) is 12.1 Å². The SMILES string of the molecule is CCCc1nc(NCC)cc(NCc2nc(C)no2)n1. The van der Waals surface area contributed by atoms with Crippen LogP contribution in [0.4, 0.5) is 11.6 Å². The summed E-state index contributed by atoms with van der Waals surface area (Å²) in [6.07, 6.45) is 1.87. The topological polar surface area (TPSA) is 88.8 Å². The largest absolute Gasteiger partial charge is 0.370 e. The maximum Gasteiger partial charge on any atom is 0.245 e. The first-order valence-corrected chi connectivity index (χ1v) is 6.86. The summed E-state index contributed by atoms with van der Waals surface area (Å²) in [6, 6.07) is 1.88. The van der Waals surface area contributed by atoms with E-state index in [-0.39, 0.29) is 0 Å². The molecule has 2 N–H and O–H groups in total. The lowest BCUT2D eigenvalue weighted by Crippen LogP contribution is -2.08. The van der Waals surface area contributed by atoms with E-state index in [0.717, 1.165) is 36.8 Å². The van der Waals surface area contributed by atoms with E-state index in [9.17, 15) is 0 Å². The van der Waals surface area contributed by atoms with Gasteiger partial charge in [0.2, 0.25) is 5.89 Å². The zero-order chi connectivity index (χ0) is 14.4. The number of nitrogens with zero attached hydrogens (tertiary/aromatic N) is 4. The lowest BCUT2D eigenvalue weighted by molar-refractivity contribution is 0.379. The van der Waals surface area contributed by atoms with Crippen LogP contribution < -0.4 is 10.6 Å². The highest BCUT2D eigenvalue weighted by molar-refractivity contribution is 5.47. The van der Waals surface area contributed by atoms with Gasteiger partial charge in [-0.3, -0.25) is 0 Å². The first kappa shape index (κ1) is 14.2. The summed E-state index contributed by atoms with van der Waals surface area (Å²) < 4.78 is 5.06.